The van der Waals surface area contributed by atoms with Gasteiger partial charge in [0.25, 0.3) is 6.43 Å². The smallest absolute Gasteiger partial charge is 0.269 e. The van der Waals surface area contributed by atoms with Gasteiger partial charge in [-0.1, -0.05) is 18.2 Å². The third-order valence-corrected chi connectivity index (χ3v) is 5.44. The summed E-state index contributed by atoms with van der Waals surface area (Å²) in [4.78, 5) is 16.3. The number of benzene rings is 2. The summed E-state index contributed by atoms with van der Waals surface area (Å²) in [5, 5.41) is -1.23. The first kappa shape index (κ1) is 19.6. The Morgan fingerprint density at radius 3 is 2.22 bits per heavy atom. The molecule has 1 aliphatic rings. The number of hydrogen-bond donors (Lipinski definition) is 0. The van der Waals surface area contributed by atoms with Gasteiger partial charge in [0.15, 0.2) is 23.2 Å². The van der Waals surface area contributed by atoms with Gasteiger partial charge in [-0.25, -0.2) is 22.0 Å². The second-order valence-electron chi connectivity index (χ2n) is 5.53. The Bertz CT molecular complexity index is 905. The molecule has 1 aliphatic heterocycles. The zero-order valence-corrected chi connectivity index (χ0v) is 14.3. The molecular weight excluding hydrogens is 398 g/mol. The molecule has 1 heterocycles. The van der Waals surface area contributed by atoms with Crippen LogP contribution >= 0.6 is 11.8 Å². The summed E-state index contributed by atoms with van der Waals surface area (Å²) >= 11 is 0.910. The molecule has 0 fully saturated rings. The minimum atomic E-state index is -3.75. The number of thioether (sulfide) groups is 1. The molecule has 2 unspecified atom stereocenters. The highest BCUT2D eigenvalue weighted by molar-refractivity contribution is 8.01. The molecule has 0 saturated carbocycles. The Hall–Kier alpha value is -2.20. The molecule has 2 aromatic carbocycles. The predicted octanol–water partition coefficient (Wildman–Crippen LogP) is 5.35. The van der Waals surface area contributed by atoms with Crippen molar-refractivity contribution >= 4 is 17.5 Å². The maximum absolute atomic E-state index is 14.5. The fourth-order valence-corrected chi connectivity index (χ4v) is 4.23. The number of carbonyl (C=O) groups excluding carboxylic acids is 1. The Labute approximate surface area is 153 Å². The summed E-state index contributed by atoms with van der Waals surface area (Å²) in [5.74, 6) is -8.41. The number of ether oxygens (including phenoxy) is 1. The van der Waals surface area contributed by atoms with Crippen LogP contribution in [0.2, 0.25) is 0 Å². The highest BCUT2D eigenvalue weighted by atomic mass is 32.2. The van der Waals surface area contributed by atoms with E-state index in [1.165, 1.54) is 6.07 Å². The van der Waals surface area contributed by atoms with Crippen LogP contribution in [0.5, 0.6) is 5.75 Å². The van der Waals surface area contributed by atoms with Gasteiger partial charge in [-0.05, 0) is 6.07 Å². The molecule has 0 radical (unpaired) electrons. The van der Waals surface area contributed by atoms with Gasteiger partial charge in [-0.2, -0.15) is 0 Å². The van der Waals surface area contributed by atoms with Crippen LogP contribution in [0.25, 0.3) is 0 Å². The number of Topliss-reactive ketones (excluding diaryl/α,β-unsaturated/α-hetero) is 1. The summed E-state index contributed by atoms with van der Waals surface area (Å²) in [6.07, 6.45) is -5.45. The average molecular weight is 408 g/mol. The maximum Gasteiger partial charge on any atom is 0.269 e. The molecule has 0 saturated heterocycles. The molecule has 10 heteroatoms. The third-order valence-electron chi connectivity index (χ3n) is 4.12. The second kappa shape index (κ2) is 7.43. The zero-order valence-electron chi connectivity index (χ0n) is 13.4. The van der Waals surface area contributed by atoms with Crippen LogP contribution in [-0.4, -0.2) is 18.1 Å². The monoisotopic (exact) mass is 408 g/mol. The van der Waals surface area contributed by atoms with Crippen molar-refractivity contribution in [2.45, 2.75) is 22.7 Å². The SMILES string of the molecule is COC(c1c(F)c(F)c(C(F)F)c(F)c1OF)C1Sc2ccccc2C1=O. The Kier molecular flexibility index (Phi) is 5.38. The van der Waals surface area contributed by atoms with Crippen molar-refractivity contribution in [2.24, 2.45) is 0 Å². The summed E-state index contributed by atoms with van der Waals surface area (Å²) in [6, 6.07) is 6.29. The van der Waals surface area contributed by atoms with Gasteiger partial charge in [-0.15, -0.1) is 11.8 Å². The number of carbonyl (C=O) groups is 1. The van der Waals surface area contributed by atoms with Crippen LogP contribution in [0.3, 0.4) is 0 Å². The van der Waals surface area contributed by atoms with Crippen molar-refractivity contribution in [1.82, 2.24) is 0 Å². The molecule has 0 N–H and O–H groups in total. The van der Waals surface area contributed by atoms with Crippen LogP contribution in [0, 0.1) is 17.5 Å². The van der Waals surface area contributed by atoms with E-state index in [1.807, 2.05) is 0 Å². The van der Waals surface area contributed by atoms with Gasteiger partial charge >= 0.3 is 0 Å². The van der Waals surface area contributed by atoms with Crippen LogP contribution < -0.4 is 4.94 Å². The molecule has 0 spiro atoms. The van der Waals surface area contributed by atoms with Crippen LogP contribution in [-0.2, 0) is 4.74 Å². The summed E-state index contributed by atoms with van der Waals surface area (Å²) in [5.41, 5.74) is -2.83. The first-order valence-corrected chi connectivity index (χ1v) is 8.31. The van der Waals surface area contributed by atoms with Crippen LogP contribution in [0.15, 0.2) is 29.2 Å². The lowest BCUT2D eigenvalue weighted by atomic mass is 9.96. The number of alkyl halides is 2. The molecule has 3 rings (SSSR count). The topological polar surface area (TPSA) is 35.5 Å². The molecule has 0 bridgehead atoms. The molecule has 27 heavy (non-hydrogen) atoms. The number of methoxy groups -OCH3 is 1. The number of halogens is 6. The molecule has 3 nitrogen and oxygen atoms in total. The predicted molar refractivity (Wildman–Crippen MR) is 83.2 cm³/mol. The highest BCUT2D eigenvalue weighted by Gasteiger charge is 2.43. The second-order valence-corrected chi connectivity index (χ2v) is 6.71. The van der Waals surface area contributed by atoms with Gasteiger partial charge in [0, 0.05) is 22.1 Å². The summed E-state index contributed by atoms with van der Waals surface area (Å²) in [7, 11) is 1.000. The van der Waals surface area contributed by atoms with E-state index in [4.69, 9.17) is 4.74 Å². The lowest BCUT2D eigenvalue weighted by Gasteiger charge is -2.23. The van der Waals surface area contributed by atoms with Gasteiger partial charge in [0.05, 0.1) is 11.1 Å². The maximum atomic E-state index is 14.5. The minimum absolute atomic E-state index is 0.266. The molecule has 144 valence electrons. The van der Waals surface area contributed by atoms with E-state index in [0.29, 0.717) is 4.90 Å². The standard InChI is InChI=1S/C17H10F6O3S/c1-25-15(16-13(24)6-4-2-3-5-7(6)27-16)9-11(19)10(18)8(17(21)22)12(20)14(9)26-23/h2-5,15-17H,1H3. The largest absolute Gasteiger partial charge is 0.375 e. The van der Waals surface area contributed by atoms with Crippen molar-refractivity contribution in [2.75, 3.05) is 7.11 Å². The summed E-state index contributed by atoms with van der Waals surface area (Å²) < 4.78 is 86.2. The van der Waals surface area contributed by atoms with E-state index >= 15 is 0 Å². The van der Waals surface area contributed by atoms with E-state index in [-0.39, 0.29) is 5.56 Å². The average Bonchev–Trinajstić information content (AvgIpc) is 2.97. The lowest BCUT2D eigenvalue weighted by Crippen LogP contribution is -2.25. The molecule has 2 atom stereocenters. The lowest BCUT2D eigenvalue weighted by molar-refractivity contribution is -0.0183. The molecular formula is C17H10F6O3S. The normalized spacial score (nSPS) is 17.3. The van der Waals surface area contributed by atoms with Crippen molar-refractivity contribution < 1.29 is 41.0 Å². The van der Waals surface area contributed by atoms with E-state index in [0.717, 1.165) is 18.9 Å². The van der Waals surface area contributed by atoms with Crippen molar-refractivity contribution in [3.05, 3.63) is 58.4 Å². The van der Waals surface area contributed by atoms with Crippen molar-refractivity contribution in [1.29, 1.82) is 0 Å². The Morgan fingerprint density at radius 1 is 1.04 bits per heavy atom. The highest BCUT2D eigenvalue weighted by Crippen LogP contribution is 2.48. The number of ketones is 1. The molecule has 2 aromatic rings. The molecule has 0 aromatic heterocycles. The molecule has 0 aliphatic carbocycles. The number of fused-ring (bicyclic) bond motifs is 1. The van der Waals surface area contributed by atoms with E-state index in [1.54, 1.807) is 18.2 Å². The van der Waals surface area contributed by atoms with Crippen LogP contribution in [0.1, 0.15) is 34.0 Å². The third kappa shape index (κ3) is 3.06. The van der Waals surface area contributed by atoms with E-state index in [9.17, 15) is 31.3 Å². The fraction of sp³-hybridized carbons (Fsp3) is 0.235. The minimum Gasteiger partial charge on any atom is -0.375 e. The Morgan fingerprint density at radius 2 is 1.67 bits per heavy atom. The summed E-state index contributed by atoms with van der Waals surface area (Å²) in [6.45, 7) is 0. The van der Waals surface area contributed by atoms with Gasteiger partial charge in [0.2, 0.25) is 5.75 Å². The van der Waals surface area contributed by atoms with Gasteiger partial charge in [-0.3, -0.25) is 9.74 Å². The van der Waals surface area contributed by atoms with Gasteiger partial charge in [0.1, 0.15) is 11.4 Å². The van der Waals surface area contributed by atoms with Crippen molar-refractivity contribution in [3.63, 3.8) is 0 Å². The van der Waals surface area contributed by atoms with E-state index < -0.39 is 57.9 Å². The fourth-order valence-electron chi connectivity index (χ4n) is 2.90. The first-order valence-electron chi connectivity index (χ1n) is 7.43. The number of hydrogen-bond acceptors (Lipinski definition) is 4. The number of rotatable bonds is 5. The first-order chi connectivity index (χ1) is 12.8. The zero-order chi connectivity index (χ0) is 19.9. The van der Waals surface area contributed by atoms with E-state index in [2.05, 4.69) is 4.94 Å². The molecule has 0 amide bonds. The quantitative estimate of drug-likeness (QED) is 0.494. The Balaban J connectivity index is 2.16. The van der Waals surface area contributed by atoms with Crippen LogP contribution in [0.4, 0.5) is 26.5 Å². The van der Waals surface area contributed by atoms with Gasteiger partial charge < -0.3 is 4.74 Å². The van der Waals surface area contributed by atoms with Crippen molar-refractivity contribution in [3.8, 4) is 5.75 Å².